The zero-order valence-corrected chi connectivity index (χ0v) is 25.7. The molecule has 1 fully saturated rings. The van der Waals surface area contributed by atoms with E-state index in [-0.39, 0.29) is 42.1 Å². The molecular formula is C32H49ClN4O3. The first-order valence-corrected chi connectivity index (χ1v) is 14.8. The van der Waals surface area contributed by atoms with Crippen LogP contribution < -0.4 is 16.0 Å². The number of carbonyl (C=O) groups excluding carboxylic acids is 3. The number of nitrogens with one attached hydrogen (secondary N) is 3. The molecule has 0 bridgehead atoms. The van der Waals surface area contributed by atoms with Gasteiger partial charge in [-0.2, -0.15) is 0 Å². The van der Waals surface area contributed by atoms with Crippen molar-refractivity contribution < 1.29 is 14.4 Å². The Morgan fingerprint density at radius 2 is 1.70 bits per heavy atom. The van der Waals surface area contributed by atoms with Gasteiger partial charge in [-0.25, -0.2) is 0 Å². The largest absolute Gasteiger partial charge is 0.354 e. The molecule has 2 unspecified atom stereocenters. The Labute approximate surface area is 246 Å². The van der Waals surface area contributed by atoms with Crippen LogP contribution in [0.2, 0.25) is 0 Å². The van der Waals surface area contributed by atoms with Crippen molar-refractivity contribution in [1.82, 2.24) is 20.9 Å². The van der Waals surface area contributed by atoms with Gasteiger partial charge in [-0.15, -0.1) is 12.4 Å². The van der Waals surface area contributed by atoms with Crippen molar-refractivity contribution in [3.63, 3.8) is 0 Å². The van der Waals surface area contributed by atoms with Crippen LogP contribution in [-0.4, -0.2) is 60.4 Å². The van der Waals surface area contributed by atoms with Gasteiger partial charge in [-0.3, -0.25) is 14.4 Å². The first kappa shape index (κ1) is 33.6. The molecule has 3 rings (SSSR count). The van der Waals surface area contributed by atoms with Gasteiger partial charge in [0, 0.05) is 31.5 Å². The van der Waals surface area contributed by atoms with Crippen molar-refractivity contribution in [3.8, 4) is 0 Å². The quantitative estimate of drug-likeness (QED) is 0.302. The van der Waals surface area contributed by atoms with E-state index in [4.69, 9.17) is 0 Å². The Bertz CT molecular complexity index is 1100. The molecule has 0 spiro atoms. The fourth-order valence-electron chi connectivity index (χ4n) is 5.33. The van der Waals surface area contributed by atoms with Crippen LogP contribution >= 0.6 is 12.4 Å². The first-order chi connectivity index (χ1) is 18.7. The standard InChI is InChI=1S/C32H48N4O3.ClH/c1-6-25(7-2)32(39)36-18-10-13-29(36)31(38)35-28(30(37)33-17-16-23(5)34-21-22(3)4)20-24-14-15-26-11-8-9-12-27(26)19-24;/h8-9,11-12,14-15,19,22-23,25,28-29,34H,6-7,10,13,16-18,20-21H2,1-5H3,(H,33,37)(H,35,38);1H/t23?,28-,29?;/m1./s1. The van der Waals surface area contributed by atoms with Gasteiger partial charge in [-0.05, 0) is 67.8 Å². The summed E-state index contributed by atoms with van der Waals surface area (Å²) >= 11 is 0. The highest BCUT2D eigenvalue weighted by Gasteiger charge is 2.37. The van der Waals surface area contributed by atoms with Crippen molar-refractivity contribution in [3.05, 3.63) is 48.0 Å². The molecule has 1 saturated heterocycles. The van der Waals surface area contributed by atoms with Crippen LogP contribution in [0, 0.1) is 11.8 Å². The number of hydrogen-bond donors (Lipinski definition) is 3. The SMILES string of the molecule is CCC(CC)C(=O)N1CCCC1C(=O)N[C@H](Cc1ccc2ccccc2c1)C(=O)NCCC(C)NCC(C)C.Cl. The second-order valence-electron chi connectivity index (χ2n) is 11.4. The lowest BCUT2D eigenvalue weighted by molar-refractivity contribution is -0.142. The van der Waals surface area contributed by atoms with Gasteiger partial charge in [0.15, 0.2) is 0 Å². The maximum absolute atomic E-state index is 13.5. The molecule has 3 N–H and O–H groups in total. The lowest BCUT2D eigenvalue weighted by atomic mass is 10.00. The van der Waals surface area contributed by atoms with Crippen molar-refractivity contribution in [2.75, 3.05) is 19.6 Å². The molecule has 0 radical (unpaired) electrons. The average molecular weight is 573 g/mol. The third kappa shape index (κ3) is 9.48. The van der Waals surface area contributed by atoms with Crippen molar-refractivity contribution in [2.24, 2.45) is 11.8 Å². The molecule has 222 valence electrons. The first-order valence-electron chi connectivity index (χ1n) is 14.8. The third-order valence-corrected chi connectivity index (χ3v) is 7.81. The van der Waals surface area contributed by atoms with Crippen LogP contribution in [0.4, 0.5) is 0 Å². The third-order valence-electron chi connectivity index (χ3n) is 7.81. The van der Waals surface area contributed by atoms with E-state index in [2.05, 4.69) is 61.0 Å². The van der Waals surface area contributed by atoms with Crippen molar-refractivity contribution >= 4 is 40.9 Å². The molecule has 2 aromatic rings. The molecule has 0 aliphatic carbocycles. The Hall–Kier alpha value is -2.64. The molecule has 7 nitrogen and oxygen atoms in total. The zero-order valence-electron chi connectivity index (χ0n) is 24.9. The second-order valence-corrected chi connectivity index (χ2v) is 11.4. The number of benzene rings is 2. The van der Waals surface area contributed by atoms with Gasteiger partial charge < -0.3 is 20.9 Å². The van der Waals surface area contributed by atoms with Crippen LogP contribution in [0.1, 0.15) is 72.3 Å². The molecule has 8 heteroatoms. The number of amides is 3. The molecule has 40 heavy (non-hydrogen) atoms. The summed E-state index contributed by atoms with van der Waals surface area (Å²) in [6, 6.07) is 13.3. The Morgan fingerprint density at radius 1 is 1.00 bits per heavy atom. The van der Waals surface area contributed by atoms with Gasteiger partial charge in [0.2, 0.25) is 17.7 Å². The minimum atomic E-state index is -0.719. The highest BCUT2D eigenvalue weighted by molar-refractivity contribution is 5.93. The molecule has 2 aromatic carbocycles. The summed E-state index contributed by atoms with van der Waals surface area (Å²) in [5.74, 6) is 0.121. The molecular weight excluding hydrogens is 524 g/mol. The van der Waals surface area contributed by atoms with Gasteiger partial charge in [0.25, 0.3) is 0 Å². The normalized spacial score (nSPS) is 16.6. The summed E-state index contributed by atoms with van der Waals surface area (Å²) < 4.78 is 0. The summed E-state index contributed by atoms with van der Waals surface area (Å²) in [7, 11) is 0. The Balaban J connectivity index is 0.00000560. The summed E-state index contributed by atoms with van der Waals surface area (Å²) in [4.78, 5) is 41.8. The molecule has 1 aliphatic heterocycles. The molecule has 1 heterocycles. The lowest BCUT2D eigenvalue weighted by Crippen LogP contribution is -2.54. The van der Waals surface area contributed by atoms with E-state index in [1.54, 1.807) is 4.90 Å². The minimum Gasteiger partial charge on any atom is -0.354 e. The highest BCUT2D eigenvalue weighted by atomic mass is 35.5. The highest BCUT2D eigenvalue weighted by Crippen LogP contribution is 2.23. The zero-order chi connectivity index (χ0) is 28.4. The number of rotatable bonds is 14. The van der Waals surface area contributed by atoms with E-state index in [0.717, 1.165) is 48.6 Å². The van der Waals surface area contributed by atoms with Crippen molar-refractivity contribution in [2.45, 2.75) is 91.3 Å². The number of halogens is 1. The van der Waals surface area contributed by atoms with E-state index in [0.29, 0.717) is 31.8 Å². The fraction of sp³-hybridized carbons (Fsp3) is 0.594. The van der Waals surface area contributed by atoms with Gasteiger partial charge in [-0.1, -0.05) is 70.2 Å². The summed E-state index contributed by atoms with van der Waals surface area (Å²) in [6.45, 7) is 12.5. The molecule has 3 atom stereocenters. The van der Waals surface area contributed by atoms with Crippen LogP contribution in [0.15, 0.2) is 42.5 Å². The average Bonchev–Trinajstić information content (AvgIpc) is 3.42. The minimum absolute atomic E-state index is 0. The maximum atomic E-state index is 13.5. The van der Waals surface area contributed by atoms with Crippen LogP contribution in [0.25, 0.3) is 10.8 Å². The number of fused-ring (bicyclic) bond motifs is 1. The number of nitrogens with zero attached hydrogens (tertiary/aromatic N) is 1. The Morgan fingerprint density at radius 3 is 2.38 bits per heavy atom. The topological polar surface area (TPSA) is 90.5 Å². The molecule has 0 aromatic heterocycles. The molecule has 3 amide bonds. The van der Waals surface area contributed by atoms with Crippen LogP contribution in [-0.2, 0) is 20.8 Å². The van der Waals surface area contributed by atoms with E-state index in [1.807, 2.05) is 32.0 Å². The number of hydrogen-bond acceptors (Lipinski definition) is 4. The van der Waals surface area contributed by atoms with E-state index >= 15 is 0 Å². The van der Waals surface area contributed by atoms with Gasteiger partial charge in [0.1, 0.15) is 12.1 Å². The predicted octanol–water partition coefficient (Wildman–Crippen LogP) is 4.86. The number of likely N-dealkylation sites (tertiary alicyclic amines) is 1. The maximum Gasteiger partial charge on any atom is 0.243 e. The second kappa shape index (κ2) is 16.6. The van der Waals surface area contributed by atoms with Gasteiger partial charge >= 0.3 is 0 Å². The summed E-state index contributed by atoms with van der Waals surface area (Å²) in [6.07, 6.45) is 4.13. The van der Waals surface area contributed by atoms with Crippen molar-refractivity contribution in [1.29, 1.82) is 0 Å². The number of carbonyl (C=O) groups is 3. The summed E-state index contributed by atoms with van der Waals surface area (Å²) in [5.41, 5.74) is 0.984. The van der Waals surface area contributed by atoms with E-state index in [1.165, 1.54) is 0 Å². The van der Waals surface area contributed by atoms with Crippen LogP contribution in [0.3, 0.4) is 0 Å². The molecule has 1 aliphatic rings. The predicted molar refractivity (Wildman–Crippen MR) is 166 cm³/mol. The van der Waals surface area contributed by atoms with Gasteiger partial charge in [0.05, 0.1) is 0 Å². The fourth-order valence-corrected chi connectivity index (χ4v) is 5.33. The monoisotopic (exact) mass is 572 g/mol. The lowest BCUT2D eigenvalue weighted by Gasteiger charge is -2.29. The summed E-state index contributed by atoms with van der Waals surface area (Å²) in [5, 5.41) is 11.8. The smallest absolute Gasteiger partial charge is 0.243 e. The van der Waals surface area contributed by atoms with Crippen LogP contribution in [0.5, 0.6) is 0 Å². The molecule has 0 saturated carbocycles. The van der Waals surface area contributed by atoms with E-state index < -0.39 is 12.1 Å². The van der Waals surface area contributed by atoms with E-state index in [9.17, 15) is 14.4 Å². The Kier molecular flexibility index (Phi) is 13.9.